The Hall–Kier alpha value is -3.82. The predicted octanol–water partition coefficient (Wildman–Crippen LogP) is 8.75. The third kappa shape index (κ3) is 4.02. The number of fused-ring (bicyclic) bond motifs is 2. The Morgan fingerprint density at radius 1 is 0.553 bits per heavy atom. The fourth-order valence-electron chi connectivity index (χ4n) is 5.76. The summed E-state index contributed by atoms with van der Waals surface area (Å²) in [6.07, 6.45) is 4.72. The molecule has 0 aliphatic rings. The SMILES string of the molecule is Cc1ccc(-n2cc(C(C)(C)c3cn(-c4ccc([Si](C)(C)C)cc4)c4ccccc34)c3ccccc32)cc1. The van der Waals surface area contributed by atoms with Crippen LogP contribution in [-0.4, -0.2) is 17.2 Å². The van der Waals surface area contributed by atoms with Crippen LogP contribution in [0.25, 0.3) is 33.2 Å². The zero-order chi connectivity index (χ0) is 26.7. The molecule has 2 nitrogen and oxygen atoms in total. The fourth-order valence-corrected chi connectivity index (χ4v) is 6.92. The van der Waals surface area contributed by atoms with Gasteiger partial charge in [0.2, 0.25) is 0 Å². The summed E-state index contributed by atoms with van der Waals surface area (Å²) in [6, 6.07) is 35.7. The van der Waals surface area contributed by atoms with Crippen LogP contribution in [0, 0.1) is 6.92 Å². The third-order valence-corrected chi connectivity index (χ3v) is 10.2. The molecule has 6 aromatic rings. The summed E-state index contributed by atoms with van der Waals surface area (Å²) in [5.74, 6) is 0. The van der Waals surface area contributed by atoms with Gasteiger partial charge in [-0.25, -0.2) is 0 Å². The molecule has 0 spiro atoms. The molecule has 190 valence electrons. The van der Waals surface area contributed by atoms with Crippen LogP contribution in [0.2, 0.25) is 19.6 Å². The summed E-state index contributed by atoms with van der Waals surface area (Å²) in [5.41, 5.74) is 8.64. The van der Waals surface area contributed by atoms with Gasteiger partial charge >= 0.3 is 0 Å². The first kappa shape index (κ1) is 24.5. The van der Waals surface area contributed by atoms with E-state index in [0.29, 0.717) is 0 Å². The van der Waals surface area contributed by atoms with Gasteiger partial charge < -0.3 is 9.13 Å². The molecule has 0 bridgehead atoms. The van der Waals surface area contributed by atoms with E-state index in [1.165, 1.54) is 55.1 Å². The fraction of sp³-hybridized carbons (Fsp3) is 0.200. The lowest BCUT2D eigenvalue weighted by Gasteiger charge is -2.24. The average Bonchev–Trinajstić information content (AvgIpc) is 3.49. The number of rotatable bonds is 5. The first-order valence-corrected chi connectivity index (χ1v) is 17.0. The summed E-state index contributed by atoms with van der Waals surface area (Å²) in [4.78, 5) is 0. The Kier molecular flexibility index (Phi) is 5.73. The van der Waals surface area contributed by atoms with Crippen LogP contribution in [0.15, 0.2) is 109 Å². The van der Waals surface area contributed by atoms with Crippen molar-refractivity contribution in [1.29, 1.82) is 0 Å². The van der Waals surface area contributed by atoms with Gasteiger partial charge in [0.05, 0.1) is 19.1 Å². The maximum absolute atomic E-state index is 2.40. The molecule has 0 saturated heterocycles. The maximum atomic E-state index is 2.40. The lowest BCUT2D eigenvalue weighted by molar-refractivity contribution is 0.650. The van der Waals surface area contributed by atoms with Crippen LogP contribution in [0.4, 0.5) is 0 Å². The van der Waals surface area contributed by atoms with Gasteiger partial charge in [-0.1, -0.05) is 105 Å². The standard InChI is InChI=1S/C35H36N2Si/c1-25-15-17-26(18-16-25)36-23-31(29-11-7-9-13-33(29)36)35(2,3)32-24-37(34-14-10-8-12-30(32)34)27-19-21-28(22-20-27)38(4,5)6/h7-24H,1-6H3. The second-order valence-electron chi connectivity index (χ2n) is 12.1. The highest BCUT2D eigenvalue weighted by Crippen LogP contribution is 2.42. The van der Waals surface area contributed by atoms with Crippen molar-refractivity contribution in [2.24, 2.45) is 0 Å². The molecule has 0 aliphatic heterocycles. The smallest absolute Gasteiger partial charge is 0.0775 e. The topological polar surface area (TPSA) is 9.86 Å². The molecule has 0 saturated carbocycles. The first-order valence-electron chi connectivity index (χ1n) is 13.5. The first-order chi connectivity index (χ1) is 18.1. The maximum Gasteiger partial charge on any atom is 0.0775 e. The van der Waals surface area contributed by atoms with E-state index in [2.05, 4.69) is 159 Å². The summed E-state index contributed by atoms with van der Waals surface area (Å²) in [6.45, 7) is 14.1. The van der Waals surface area contributed by atoms with Crippen molar-refractivity contribution < 1.29 is 0 Å². The Balaban J connectivity index is 1.53. The van der Waals surface area contributed by atoms with E-state index in [4.69, 9.17) is 0 Å². The van der Waals surface area contributed by atoms with E-state index in [-0.39, 0.29) is 5.41 Å². The van der Waals surface area contributed by atoms with E-state index in [1.54, 1.807) is 0 Å². The van der Waals surface area contributed by atoms with Crippen molar-refractivity contribution in [3.63, 3.8) is 0 Å². The normalized spacial score (nSPS) is 12.5. The van der Waals surface area contributed by atoms with Gasteiger partial charge in [0, 0.05) is 40.0 Å². The van der Waals surface area contributed by atoms with Gasteiger partial charge in [-0.2, -0.15) is 0 Å². The Morgan fingerprint density at radius 2 is 0.974 bits per heavy atom. The number of aryl methyl sites for hydroxylation is 1. The van der Waals surface area contributed by atoms with E-state index < -0.39 is 8.07 Å². The van der Waals surface area contributed by atoms with Crippen molar-refractivity contribution in [1.82, 2.24) is 9.13 Å². The number of nitrogens with zero attached hydrogens (tertiary/aromatic N) is 2. The number of hydrogen-bond donors (Lipinski definition) is 0. The average molecular weight is 513 g/mol. The number of aromatic nitrogens is 2. The van der Waals surface area contributed by atoms with Crippen LogP contribution in [0.3, 0.4) is 0 Å². The second-order valence-corrected chi connectivity index (χ2v) is 17.2. The molecule has 0 unspecified atom stereocenters. The summed E-state index contributed by atoms with van der Waals surface area (Å²) < 4.78 is 4.72. The van der Waals surface area contributed by atoms with Gasteiger partial charge in [-0.3, -0.25) is 0 Å². The summed E-state index contributed by atoms with van der Waals surface area (Å²) >= 11 is 0. The molecular formula is C35H36N2Si. The highest BCUT2D eigenvalue weighted by atomic mass is 28.3. The molecule has 38 heavy (non-hydrogen) atoms. The monoisotopic (exact) mass is 512 g/mol. The highest BCUT2D eigenvalue weighted by Gasteiger charge is 2.31. The van der Waals surface area contributed by atoms with E-state index in [0.717, 1.165) is 0 Å². The van der Waals surface area contributed by atoms with Gasteiger partial charge in [0.15, 0.2) is 0 Å². The molecule has 3 heteroatoms. The third-order valence-electron chi connectivity index (χ3n) is 8.09. The molecule has 0 aliphatic carbocycles. The molecule has 4 aromatic carbocycles. The highest BCUT2D eigenvalue weighted by molar-refractivity contribution is 6.88. The van der Waals surface area contributed by atoms with Crippen molar-refractivity contribution in [3.8, 4) is 11.4 Å². The minimum Gasteiger partial charge on any atom is -0.316 e. The molecule has 0 fully saturated rings. The molecule has 2 heterocycles. The van der Waals surface area contributed by atoms with Crippen molar-refractivity contribution in [3.05, 3.63) is 126 Å². The van der Waals surface area contributed by atoms with Crippen LogP contribution in [0.5, 0.6) is 0 Å². The van der Waals surface area contributed by atoms with E-state index in [1.807, 2.05) is 0 Å². The van der Waals surface area contributed by atoms with Crippen molar-refractivity contribution >= 4 is 35.1 Å². The second kappa shape index (κ2) is 8.89. The lowest BCUT2D eigenvalue weighted by Crippen LogP contribution is -2.37. The van der Waals surface area contributed by atoms with Crippen LogP contribution in [-0.2, 0) is 5.41 Å². The van der Waals surface area contributed by atoms with Crippen LogP contribution in [0.1, 0.15) is 30.5 Å². The van der Waals surface area contributed by atoms with Crippen molar-refractivity contribution in [2.45, 2.75) is 45.8 Å². The van der Waals surface area contributed by atoms with Gasteiger partial charge in [0.25, 0.3) is 0 Å². The minimum atomic E-state index is -1.35. The van der Waals surface area contributed by atoms with E-state index in [9.17, 15) is 0 Å². The summed E-state index contributed by atoms with van der Waals surface area (Å²) in [5, 5.41) is 4.09. The Labute approximate surface area is 227 Å². The predicted molar refractivity (Wildman–Crippen MR) is 166 cm³/mol. The molecule has 0 radical (unpaired) electrons. The number of para-hydroxylation sites is 2. The zero-order valence-electron chi connectivity index (χ0n) is 23.3. The number of benzene rings is 4. The van der Waals surface area contributed by atoms with Gasteiger partial charge in [-0.05, 0) is 54.4 Å². The molecule has 6 rings (SSSR count). The van der Waals surface area contributed by atoms with Crippen molar-refractivity contribution in [2.75, 3.05) is 0 Å². The lowest BCUT2D eigenvalue weighted by atomic mass is 9.78. The van der Waals surface area contributed by atoms with Crippen LogP contribution >= 0.6 is 0 Å². The minimum absolute atomic E-state index is 0.210. The molecule has 0 N–H and O–H groups in total. The number of hydrogen-bond acceptors (Lipinski definition) is 0. The molecule has 0 amide bonds. The Morgan fingerprint density at radius 3 is 1.42 bits per heavy atom. The van der Waals surface area contributed by atoms with Gasteiger partial charge in [0.1, 0.15) is 0 Å². The molecular weight excluding hydrogens is 476 g/mol. The van der Waals surface area contributed by atoms with E-state index >= 15 is 0 Å². The van der Waals surface area contributed by atoms with Gasteiger partial charge in [-0.15, -0.1) is 0 Å². The molecule has 2 aromatic heterocycles. The molecule has 0 atom stereocenters. The zero-order valence-corrected chi connectivity index (χ0v) is 24.3. The Bertz CT molecular complexity index is 1760. The van der Waals surface area contributed by atoms with Crippen LogP contribution < -0.4 is 5.19 Å². The quantitative estimate of drug-likeness (QED) is 0.204. The summed E-state index contributed by atoms with van der Waals surface area (Å²) in [7, 11) is -1.35. The largest absolute Gasteiger partial charge is 0.316 e.